The first-order valence-corrected chi connectivity index (χ1v) is 3.51. The zero-order chi connectivity index (χ0) is 7.56. The predicted molar refractivity (Wildman–Crippen MR) is 41.0 cm³/mol. The minimum absolute atomic E-state index is 0.533. The van der Waals surface area contributed by atoms with Gasteiger partial charge in [-0.05, 0) is 6.92 Å². The summed E-state index contributed by atoms with van der Waals surface area (Å²) in [5.74, 6) is 0.912. The Kier molecular flexibility index (Phi) is 2.29. The largest absolute Gasteiger partial charge is 0.332 e. The van der Waals surface area contributed by atoms with Crippen LogP contribution in [-0.2, 0) is 6.54 Å². The Morgan fingerprint density at radius 1 is 1.80 bits per heavy atom. The monoisotopic (exact) mass is 159 g/mol. The summed E-state index contributed by atoms with van der Waals surface area (Å²) in [6, 6.07) is 0. The molecule has 0 fully saturated rings. The molecular weight excluding hydrogens is 150 g/mol. The molecule has 1 aromatic heterocycles. The third kappa shape index (κ3) is 1.49. The maximum atomic E-state index is 5.63. The lowest BCUT2D eigenvalue weighted by Crippen LogP contribution is -2.09. The molecule has 0 atom stereocenters. The van der Waals surface area contributed by atoms with Crippen molar-refractivity contribution in [2.24, 2.45) is 5.73 Å². The Labute approximate surface area is 64.8 Å². The van der Waals surface area contributed by atoms with Gasteiger partial charge in [-0.15, -0.1) is 0 Å². The van der Waals surface area contributed by atoms with Crippen LogP contribution < -0.4 is 5.73 Å². The van der Waals surface area contributed by atoms with Gasteiger partial charge >= 0.3 is 0 Å². The van der Waals surface area contributed by atoms with Gasteiger partial charge < -0.3 is 10.3 Å². The van der Waals surface area contributed by atoms with Crippen LogP contribution in [0, 0.1) is 6.92 Å². The van der Waals surface area contributed by atoms with E-state index in [0.717, 1.165) is 12.4 Å². The average molecular weight is 160 g/mol. The first kappa shape index (κ1) is 7.57. The number of rotatable bonds is 2. The molecule has 3 nitrogen and oxygen atoms in total. The fourth-order valence-corrected chi connectivity index (χ4v) is 1.08. The van der Waals surface area contributed by atoms with E-state index in [9.17, 15) is 0 Å². The molecule has 0 bridgehead atoms. The molecule has 0 saturated heterocycles. The average Bonchev–Trinajstić information content (AvgIpc) is 2.13. The van der Waals surface area contributed by atoms with Gasteiger partial charge in [0.25, 0.3) is 0 Å². The predicted octanol–water partition coefficient (Wildman–Crippen LogP) is 0.804. The number of aryl methyl sites for hydroxylation is 1. The number of nitrogens with two attached hydrogens (primary N) is 1. The first-order valence-electron chi connectivity index (χ1n) is 3.13. The van der Waals surface area contributed by atoms with Crippen LogP contribution in [0.15, 0.2) is 6.20 Å². The molecule has 1 rings (SSSR count). The molecule has 0 radical (unpaired) electrons. The third-order valence-electron chi connectivity index (χ3n) is 1.32. The van der Waals surface area contributed by atoms with Gasteiger partial charge in [-0.1, -0.05) is 11.6 Å². The molecule has 56 valence electrons. The summed E-state index contributed by atoms with van der Waals surface area (Å²) in [5.41, 5.74) is 5.35. The Morgan fingerprint density at radius 3 is 2.90 bits per heavy atom. The highest BCUT2D eigenvalue weighted by molar-refractivity contribution is 6.29. The molecule has 0 saturated carbocycles. The quantitative estimate of drug-likeness (QED) is 0.694. The standard InChI is InChI=1S/C6H10ClN3/c1-5-9-6(7)4-10(5)3-2-8/h4H,2-3,8H2,1H3. The molecule has 4 heteroatoms. The molecular formula is C6H10ClN3. The van der Waals surface area contributed by atoms with Crippen LogP contribution in [0.5, 0.6) is 0 Å². The Bertz CT molecular complexity index is 219. The van der Waals surface area contributed by atoms with Crippen LogP contribution >= 0.6 is 11.6 Å². The summed E-state index contributed by atoms with van der Waals surface area (Å²) >= 11 is 5.63. The van der Waals surface area contributed by atoms with Crippen molar-refractivity contribution in [2.75, 3.05) is 6.54 Å². The van der Waals surface area contributed by atoms with E-state index in [1.54, 1.807) is 6.20 Å². The van der Waals surface area contributed by atoms with Gasteiger partial charge in [-0.3, -0.25) is 0 Å². The lowest BCUT2D eigenvalue weighted by molar-refractivity contribution is 0.684. The number of halogens is 1. The molecule has 0 aliphatic heterocycles. The Morgan fingerprint density at radius 2 is 2.50 bits per heavy atom. The van der Waals surface area contributed by atoms with Crippen molar-refractivity contribution in [3.63, 3.8) is 0 Å². The highest BCUT2D eigenvalue weighted by atomic mass is 35.5. The van der Waals surface area contributed by atoms with Crippen molar-refractivity contribution < 1.29 is 0 Å². The molecule has 2 N–H and O–H groups in total. The first-order chi connectivity index (χ1) is 4.74. The molecule has 0 aliphatic carbocycles. The third-order valence-corrected chi connectivity index (χ3v) is 1.50. The van der Waals surface area contributed by atoms with Crippen LogP contribution in [-0.4, -0.2) is 16.1 Å². The molecule has 0 unspecified atom stereocenters. The Balaban J connectivity index is 2.81. The summed E-state index contributed by atoms with van der Waals surface area (Å²) in [5, 5.41) is 0.533. The molecule has 0 spiro atoms. The maximum Gasteiger partial charge on any atom is 0.147 e. The van der Waals surface area contributed by atoms with Gasteiger partial charge in [-0.25, -0.2) is 4.98 Å². The minimum Gasteiger partial charge on any atom is -0.332 e. The summed E-state index contributed by atoms with van der Waals surface area (Å²) < 4.78 is 1.93. The molecule has 0 amide bonds. The van der Waals surface area contributed by atoms with E-state index < -0.39 is 0 Å². The normalized spacial score (nSPS) is 10.3. The second-order valence-electron chi connectivity index (χ2n) is 2.09. The highest BCUT2D eigenvalue weighted by Gasteiger charge is 1.98. The Hall–Kier alpha value is -0.540. The van der Waals surface area contributed by atoms with Gasteiger partial charge in [0.1, 0.15) is 11.0 Å². The van der Waals surface area contributed by atoms with Crippen molar-refractivity contribution in [1.82, 2.24) is 9.55 Å². The van der Waals surface area contributed by atoms with E-state index in [2.05, 4.69) is 4.98 Å². The zero-order valence-electron chi connectivity index (χ0n) is 5.84. The van der Waals surface area contributed by atoms with Gasteiger partial charge in [-0.2, -0.15) is 0 Å². The van der Waals surface area contributed by atoms with Crippen LogP contribution in [0.3, 0.4) is 0 Å². The van der Waals surface area contributed by atoms with Crippen LogP contribution in [0.4, 0.5) is 0 Å². The van der Waals surface area contributed by atoms with Crippen molar-refractivity contribution >= 4 is 11.6 Å². The molecule has 0 aromatic carbocycles. The van der Waals surface area contributed by atoms with Crippen molar-refractivity contribution in [3.05, 3.63) is 17.2 Å². The number of imidazole rings is 1. The summed E-state index contributed by atoms with van der Waals surface area (Å²) in [6.07, 6.45) is 1.78. The number of aromatic nitrogens is 2. The molecule has 0 aliphatic rings. The second kappa shape index (κ2) is 3.03. The summed E-state index contributed by atoms with van der Waals surface area (Å²) in [7, 11) is 0. The maximum absolute atomic E-state index is 5.63. The minimum atomic E-state index is 0.533. The summed E-state index contributed by atoms with van der Waals surface area (Å²) in [4.78, 5) is 4.00. The van der Waals surface area contributed by atoms with E-state index >= 15 is 0 Å². The molecule has 1 heterocycles. The van der Waals surface area contributed by atoms with E-state index in [0.29, 0.717) is 11.7 Å². The van der Waals surface area contributed by atoms with Gasteiger partial charge in [0, 0.05) is 19.3 Å². The SMILES string of the molecule is Cc1nc(Cl)cn1CCN. The van der Waals surface area contributed by atoms with E-state index in [1.807, 2.05) is 11.5 Å². The fourth-order valence-electron chi connectivity index (χ4n) is 0.835. The molecule has 1 aromatic rings. The second-order valence-corrected chi connectivity index (χ2v) is 2.48. The zero-order valence-corrected chi connectivity index (χ0v) is 6.60. The van der Waals surface area contributed by atoms with Gasteiger partial charge in [0.05, 0.1) is 0 Å². The smallest absolute Gasteiger partial charge is 0.147 e. The number of hydrogen-bond donors (Lipinski definition) is 1. The van der Waals surface area contributed by atoms with E-state index in [1.165, 1.54) is 0 Å². The number of nitrogens with zero attached hydrogens (tertiary/aromatic N) is 2. The topological polar surface area (TPSA) is 43.8 Å². The lowest BCUT2D eigenvalue weighted by atomic mass is 10.6. The van der Waals surface area contributed by atoms with E-state index in [-0.39, 0.29) is 0 Å². The van der Waals surface area contributed by atoms with Crippen molar-refractivity contribution in [2.45, 2.75) is 13.5 Å². The van der Waals surface area contributed by atoms with Crippen molar-refractivity contribution in [3.8, 4) is 0 Å². The van der Waals surface area contributed by atoms with Gasteiger partial charge in [0.15, 0.2) is 0 Å². The lowest BCUT2D eigenvalue weighted by Gasteiger charge is -1.98. The van der Waals surface area contributed by atoms with Crippen LogP contribution in [0.2, 0.25) is 5.15 Å². The number of hydrogen-bond acceptors (Lipinski definition) is 2. The van der Waals surface area contributed by atoms with Gasteiger partial charge in [0.2, 0.25) is 0 Å². The van der Waals surface area contributed by atoms with E-state index in [4.69, 9.17) is 17.3 Å². The fraction of sp³-hybridized carbons (Fsp3) is 0.500. The highest BCUT2D eigenvalue weighted by Crippen LogP contribution is 2.06. The molecule has 10 heavy (non-hydrogen) atoms. The van der Waals surface area contributed by atoms with Crippen LogP contribution in [0.25, 0.3) is 0 Å². The van der Waals surface area contributed by atoms with Crippen LogP contribution in [0.1, 0.15) is 5.82 Å². The van der Waals surface area contributed by atoms with Crippen molar-refractivity contribution in [1.29, 1.82) is 0 Å². The summed E-state index contributed by atoms with van der Waals surface area (Å²) in [6.45, 7) is 3.31.